The van der Waals surface area contributed by atoms with Crippen molar-refractivity contribution < 1.29 is 14.3 Å². The Morgan fingerprint density at radius 3 is 2.88 bits per heavy atom. The van der Waals surface area contributed by atoms with Crippen molar-refractivity contribution in [2.75, 3.05) is 27.4 Å². The smallest absolute Gasteiger partial charge is 0.263 e. The lowest BCUT2D eigenvalue weighted by atomic mass is 10.3. The molecule has 1 aromatic rings. The molecule has 5 nitrogen and oxygen atoms in total. The SMILES string of the molecule is COCCNC(=O)c1sc(Br)nc1COC. The minimum Gasteiger partial charge on any atom is -0.383 e. The molecule has 7 heteroatoms. The predicted molar refractivity (Wildman–Crippen MR) is 64.7 cm³/mol. The van der Waals surface area contributed by atoms with Gasteiger partial charge in [-0.05, 0) is 15.9 Å². The molecule has 0 saturated heterocycles. The average molecular weight is 309 g/mol. The zero-order valence-electron chi connectivity index (χ0n) is 9.08. The van der Waals surface area contributed by atoms with E-state index in [4.69, 9.17) is 9.47 Å². The molecule has 1 N–H and O–H groups in total. The number of amides is 1. The van der Waals surface area contributed by atoms with Crippen LogP contribution in [0.25, 0.3) is 0 Å². The van der Waals surface area contributed by atoms with Crippen molar-refractivity contribution in [3.8, 4) is 0 Å². The Labute approximate surface area is 106 Å². The standard InChI is InChI=1S/C9H13BrN2O3S/c1-14-4-3-11-8(13)7-6(5-15-2)12-9(10)16-7/h3-5H2,1-2H3,(H,11,13). The summed E-state index contributed by atoms with van der Waals surface area (Å²) in [6.45, 7) is 1.30. The van der Waals surface area contributed by atoms with Gasteiger partial charge in [-0.25, -0.2) is 4.98 Å². The maximum absolute atomic E-state index is 11.8. The van der Waals surface area contributed by atoms with Crippen molar-refractivity contribution in [3.63, 3.8) is 0 Å². The molecule has 0 aliphatic rings. The van der Waals surface area contributed by atoms with E-state index in [2.05, 4.69) is 26.2 Å². The van der Waals surface area contributed by atoms with Crippen LogP contribution in [0.1, 0.15) is 15.4 Å². The molecule has 0 aliphatic carbocycles. The number of thiazole rings is 1. The molecule has 0 fully saturated rings. The van der Waals surface area contributed by atoms with Crippen molar-refractivity contribution in [1.29, 1.82) is 0 Å². The number of hydrogen-bond donors (Lipinski definition) is 1. The van der Waals surface area contributed by atoms with Gasteiger partial charge in [-0.15, -0.1) is 11.3 Å². The minimum atomic E-state index is -0.146. The van der Waals surface area contributed by atoms with E-state index in [9.17, 15) is 4.79 Å². The Morgan fingerprint density at radius 2 is 2.25 bits per heavy atom. The van der Waals surface area contributed by atoms with Gasteiger partial charge >= 0.3 is 0 Å². The molecule has 16 heavy (non-hydrogen) atoms. The highest BCUT2D eigenvalue weighted by Crippen LogP contribution is 2.23. The van der Waals surface area contributed by atoms with Gasteiger partial charge < -0.3 is 14.8 Å². The van der Waals surface area contributed by atoms with Gasteiger partial charge in [0.25, 0.3) is 5.91 Å². The van der Waals surface area contributed by atoms with Crippen LogP contribution in [0.15, 0.2) is 3.92 Å². The summed E-state index contributed by atoms with van der Waals surface area (Å²) in [5, 5.41) is 2.74. The molecule has 1 heterocycles. The first-order valence-electron chi connectivity index (χ1n) is 4.60. The van der Waals surface area contributed by atoms with Crippen LogP contribution in [-0.4, -0.2) is 38.3 Å². The van der Waals surface area contributed by atoms with E-state index in [0.717, 1.165) is 0 Å². The number of methoxy groups -OCH3 is 2. The molecule has 1 rings (SSSR count). The van der Waals surface area contributed by atoms with Crippen LogP contribution in [-0.2, 0) is 16.1 Å². The number of carbonyl (C=O) groups is 1. The van der Waals surface area contributed by atoms with Gasteiger partial charge in [0.15, 0.2) is 3.92 Å². The molecule has 0 spiro atoms. The molecule has 1 aromatic heterocycles. The highest BCUT2D eigenvalue weighted by Gasteiger charge is 2.16. The van der Waals surface area contributed by atoms with Gasteiger partial charge in [0.2, 0.25) is 0 Å². The van der Waals surface area contributed by atoms with Crippen LogP contribution in [0.2, 0.25) is 0 Å². The first-order valence-corrected chi connectivity index (χ1v) is 6.21. The predicted octanol–water partition coefficient (Wildman–Crippen LogP) is 1.43. The number of aromatic nitrogens is 1. The van der Waals surface area contributed by atoms with Crippen molar-refractivity contribution >= 4 is 33.2 Å². The lowest BCUT2D eigenvalue weighted by Gasteiger charge is -2.03. The molecule has 0 atom stereocenters. The van der Waals surface area contributed by atoms with Crippen LogP contribution >= 0.6 is 27.3 Å². The zero-order chi connectivity index (χ0) is 12.0. The maximum atomic E-state index is 11.8. The molecule has 0 radical (unpaired) electrons. The molecule has 0 aromatic carbocycles. The van der Waals surface area contributed by atoms with E-state index < -0.39 is 0 Å². The van der Waals surface area contributed by atoms with Gasteiger partial charge in [0, 0.05) is 20.8 Å². The fourth-order valence-corrected chi connectivity index (χ4v) is 2.49. The molecule has 0 aliphatic heterocycles. The van der Waals surface area contributed by atoms with Gasteiger partial charge in [-0.3, -0.25) is 4.79 Å². The maximum Gasteiger partial charge on any atom is 0.263 e. The molecule has 0 unspecified atom stereocenters. The second-order valence-corrected chi connectivity index (χ2v) is 5.20. The van der Waals surface area contributed by atoms with E-state index >= 15 is 0 Å². The second-order valence-electron chi connectivity index (χ2n) is 2.92. The highest BCUT2D eigenvalue weighted by molar-refractivity contribution is 9.11. The summed E-state index contributed by atoms with van der Waals surface area (Å²) >= 11 is 4.54. The number of rotatable bonds is 6. The lowest BCUT2D eigenvalue weighted by Crippen LogP contribution is -2.27. The summed E-state index contributed by atoms with van der Waals surface area (Å²) in [6, 6.07) is 0. The second kappa shape index (κ2) is 6.95. The van der Waals surface area contributed by atoms with Crippen LogP contribution in [0.5, 0.6) is 0 Å². The Bertz CT molecular complexity index is 357. The van der Waals surface area contributed by atoms with E-state index in [-0.39, 0.29) is 5.91 Å². The van der Waals surface area contributed by atoms with Gasteiger partial charge in [0.1, 0.15) is 4.88 Å². The molecular formula is C9H13BrN2O3S. The lowest BCUT2D eigenvalue weighted by molar-refractivity contribution is 0.0936. The summed E-state index contributed by atoms with van der Waals surface area (Å²) in [6.07, 6.45) is 0. The fraction of sp³-hybridized carbons (Fsp3) is 0.556. The first-order chi connectivity index (χ1) is 7.69. The Kier molecular flexibility index (Phi) is 5.89. The minimum absolute atomic E-state index is 0.146. The third-order valence-electron chi connectivity index (χ3n) is 1.75. The topological polar surface area (TPSA) is 60.5 Å². The number of nitrogens with zero attached hydrogens (tertiary/aromatic N) is 1. The first kappa shape index (κ1) is 13.6. The number of nitrogens with one attached hydrogen (secondary N) is 1. The van der Waals surface area contributed by atoms with Crippen molar-refractivity contribution in [2.45, 2.75) is 6.61 Å². The highest BCUT2D eigenvalue weighted by atomic mass is 79.9. The monoisotopic (exact) mass is 308 g/mol. The average Bonchev–Trinajstić information content (AvgIpc) is 2.60. The molecular weight excluding hydrogens is 296 g/mol. The van der Waals surface area contributed by atoms with Crippen LogP contribution in [0.4, 0.5) is 0 Å². The molecule has 0 saturated carbocycles. The summed E-state index contributed by atoms with van der Waals surface area (Å²) < 4.78 is 10.5. The van der Waals surface area contributed by atoms with Gasteiger partial charge in [0.05, 0.1) is 18.9 Å². The van der Waals surface area contributed by atoms with Crippen LogP contribution in [0.3, 0.4) is 0 Å². The molecule has 0 bridgehead atoms. The van der Waals surface area contributed by atoms with E-state index in [1.54, 1.807) is 14.2 Å². The Hall–Kier alpha value is -0.500. The summed E-state index contributed by atoms with van der Waals surface area (Å²) in [4.78, 5) is 16.5. The summed E-state index contributed by atoms with van der Waals surface area (Å²) in [5.74, 6) is -0.146. The molecule has 1 amide bonds. The quantitative estimate of drug-likeness (QED) is 0.808. The van der Waals surface area contributed by atoms with Crippen molar-refractivity contribution in [2.24, 2.45) is 0 Å². The van der Waals surface area contributed by atoms with Crippen molar-refractivity contribution in [1.82, 2.24) is 10.3 Å². The summed E-state index contributed by atoms with van der Waals surface area (Å²) in [5.41, 5.74) is 0.647. The largest absolute Gasteiger partial charge is 0.383 e. The fourth-order valence-electron chi connectivity index (χ4n) is 1.08. The summed E-state index contributed by atoms with van der Waals surface area (Å²) in [7, 11) is 3.16. The van der Waals surface area contributed by atoms with Gasteiger partial charge in [-0.2, -0.15) is 0 Å². The number of ether oxygens (including phenoxy) is 2. The number of hydrogen-bond acceptors (Lipinski definition) is 5. The third-order valence-corrected chi connectivity index (χ3v) is 3.30. The third kappa shape index (κ3) is 3.82. The normalized spacial score (nSPS) is 10.4. The van der Waals surface area contributed by atoms with E-state index in [0.29, 0.717) is 34.2 Å². The number of carbonyl (C=O) groups excluding carboxylic acids is 1. The van der Waals surface area contributed by atoms with Gasteiger partial charge in [-0.1, -0.05) is 0 Å². The van der Waals surface area contributed by atoms with E-state index in [1.165, 1.54) is 11.3 Å². The van der Waals surface area contributed by atoms with E-state index in [1.807, 2.05) is 0 Å². The zero-order valence-corrected chi connectivity index (χ0v) is 11.5. The van der Waals surface area contributed by atoms with Crippen molar-refractivity contribution in [3.05, 3.63) is 14.5 Å². The Morgan fingerprint density at radius 1 is 1.50 bits per heavy atom. The Balaban J connectivity index is 2.66. The number of halogens is 1. The van der Waals surface area contributed by atoms with Crippen LogP contribution < -0.4 is 5.32 Å². The van der Waals surface area contributed by atoms with Crippen LogP contribution in [0, 0.1) is 0 Å². The molecule has 90 valence electrons.